The molecule has 16 nitrogen and oxygen atoms in total. The summed E-state index contributed by atoms with van der Waals surface area (Å²) >= 11 is 6.69. The Kier molecular flexibility index (Phi) is 13.4. The van der Waals surface area contributed by atoms with Crippen LogP contribution in [0.2, 0.25) is 5.02 Å². The number of aliphatic imine (C=N–C) groups is 1. The van der Waals surface area contributed by atoms with E-state index < -0.39 is 160 Å². The maximum atomic E-state index is 15.6. The fourth-order valence-corrected chi connectivity index (χ4v) is 10.5. The van der Waals surface area contributed by atoms with E-state index in [1.165, 1.54) is 19.9 Å². The van der Waals surface area contributed by atoms with Gasteiger partial charge >= 0.3 is 12.4 Å². The summed E-state index contributed by atoms with van der Waals surface area (Å²) in [6, 6.07) is 4.25. The van der Waals surface area contributed by atoms with Gasteiger partial charge in [0.25, 0.3) is 5.92 Å². The van der Waals surface area contributed by atoms with Crippen LogP contribution in [-0.4, -0.2) is 88.6 Å². The second kappa shape index (κ2) is 18.4. The zero-order valence-corrected chi connectivity index (χ0v) is 41.3. The Labute approximate surface area is 419 Å². The van der Waals surface area contributed by atoms with Gasteiger partial charge in [-0.1, -0.05) is 23.6 Å². The van der Waals surface area contributed by atoms with E-state index in [-0.39, 0.29) is 56.6 Å². The van der Waals surface area contributed by atoms with Crippen molar-refractivity contribution in [2.45, 2.75) is 93.6 Å². The van der Waals surface area contributed by atoms with Crippen LogP contribution in [0.25, 0.3) is 22.0 Å². The first kappa shape index (κ1) is 53.8. The van der Waals surface area contributed by atoms with Gasteiger partial charge in [0.1, 0.15) is 40.9 Å². The Morgan fingerprint density at radius 2 is 1.58 bits per heavy atom. The van der Waals surface area contributed by atoms with E-state index in [2.05, 4.69) is 37.3 Å². The number of carbonyl (C=O) groups is 2. The lowest BCUT2D eigenvalue weighted by atomic mass is 9.80. The molecule has 3 atom stereocenters. The molecular formula is C45H41ClF10N10O6S2. The van der Waals surface area contributed by atoms with Crippen molar-refractivity contribution in [3.63, 3.8) is 0 Å². The van der Waals surface area contributed by atoms with E-state index >= 15 is 8.78 Å². The molecule has 2 aromatic carbocycles. The molecule has 2 fully saturated rings. The molecule has 3 heterocycles. The highest BCUT2D eigenvalue weighted by Crippen LogP contribution is 2.68. The quantitative estimate of drug-likeness (QED) is 0.0490. The number of amides is 2. The average Bonchev–Trinajstić information content (AvgIpc) is 3.75. The summed E-state index contributed by atoms with van der Waals surface area (Å²) in [6.45, 7) is -0.780. The molecule has 3 aliphatic carbocycles. The van der Waals surface area contributed by atoms with E-state index in [0.29, 0.717) is 17.0 Å². The van der Waals surface area contributed by atoms with E-state index in [4.69, 9.17) is 23.1 Å². The van der Waals surface area contributed by atoms with Gasteiger partial charge in [-0.15, -0.1) is 0 Å². The monoisotopic (exact) mass is 1110 g/mol. The number of pyridine rings is 1. The van der Waals surface area contributed by atoms with Crippen molar-refractivity contribution in [2.75, 3.05) is 16.8 Å². The molecule has 8 rings (SSSR count). The van der Waals surface area contributed by atoms with Gasteiger partial charge in [0.05, 0.1) is 40.0 Å². The van der Waals surface area contributed by atoms with Gasteiger partial charge in [-0.2, -0.15) is 49.6 Å². The number of hydrogen-bond donors (Lipinski definition) is 3. The number of alkyl halides is 8. The van der Waals surface area contributed by atoms with Crippen molar-refractivity contribution in [3.8, 4) is 23.0 Å². The Balaban J connectivity index is 1.35. The number of guanidine groups is 1. The molecular weight excluding hydrogens is 1070 g/mol. The molecule has 396 valence electrons. The lowest BCUT2D eigenvalue weighted by Gasteiger charge is -2.34. The average molecular weight is 1110 g/mol. The summed E-state index contributed by atoms with van der Waals surface area (Å²) < 4.78 is 199. The van der Waals surface area contributed by atoms with Crippen LogP contribution in [0.1, 0.15) is 79.0 Å². The first-order chi connectivity index (χ1) is 34.1. The molecule has 5 aromatic rings. The van der Waals surface area contributed by atoms with Crippen molar-refractivity contribution in [1.29, 1.82) is 0 Å². The van der Waals surface area contributed by atoms with Crippen LogP contribution in [0.3, 0.4) is 0 Å². The van der Waals surface area contributed by atoms with E-state index in [1.54, 1.807) is 0 Å². The zero-order chi connectivity index (χ0) is 54.6. The van der Waals surface area contributed by atoms with Crippen LogP contribution in [0, 0.1) is 35.3 Å². The number of hydrogen-bond acceptors (Lipinski definition) is 10. The standard InChI is InChI=1S/C45H41ClF10N10O6S2/c1-42(2,73(3,69)70)10-9-24-5-6-26(27-7-8-30(46)34-36(27)65(19-43(49,50)51)63-39(34)66(74(4,71)72)40(68)21-14-25(15-21)60-41(57)58)35(59-24)31(13-20-11-22(47)16-23(48)12-20)61-32(67)18-64-38-33(37(62-64)45(54,55)56)28-17-29(28)44(38,52)53/h5-8,11-12,16,21,25,28-29,31H,13-15,17-19H2,1-4H3,(H,61,67)(H4,57,58,60)/t21?,25?,28-,29+,31-/m0/s1. The van der Waals surface area contributed by atoms with Crippen molar-refractivity contribution in [3.05, 3.63) is 93.0 Å². The number of nitrogens with zero attached hydrogens (tertiary/aromatic N) is 7. The number of rotatable bonds is 13. The smallest absolute Gasteiger partial charge is 0.370 e. The van der Waals surface area contributed by atoms with Gasteiger partial charge in [-0.25, -0.2) is 30.6 Å². The molecule has 3 aliphatic rings. The number of halogens is 11. The Bertz CT molecular complexity index is 3470. The highest BCUT2D eigenvalue weighted by Gasteiger charge is 2.68. The summed E-state index contributed by atoms with van der Waals surface area (Å²) in [5.74, 6) is -8.46. The summed E-state index contributed by atoms with van der Waals surface area (Å²) in [4.78, 5) is 36.8. The van der Waals surface area contributed by atoms with Crippen LogP contribution in [0.4, 0.5) is 49.7 Å². The van der Waals surface area contributed by atoms with Crippen LogP contribution in [0.5, 0.6) is 0 Å². The highest BCUT2D eigenvalue weighted by atomic mass is 35.5. The van der Waals surface area contributed by atoms with Crippen molar-refractivity contribution in [2.24, 2.45) is 28.3 Å². The van der Waals surface area contributed by atoms with E-state index in [1.807, 2.05) is 0 Å². The highest BCUT2D eigenvalue weighted by molar-refractivity contribution is 7.93. The van der Waals surface area contributed by atoms with Gasteiger partial charge in [0.2, 0.25) is 21.8 Å². The Hall–Kier alpha value is -6.47. The largest absolute Gasteiger partial charge is 0.435 e. The minimum Gasteiger partial charge on any atom is -0.370 e. The van der Waals surface area contributed by atoms with Gasteiger partial charge < -0.3 is 16.8 Å². The minimum absolute atomic E-state index is 0.0767. The number of nitrogens with one attached hydrogen (secondary N) is 1. The second-order valence-electron chi connectivity index (χ2n) is 18.8. The number of anilines is 1. The van der Waals surface area contributed by atoms with Crippen LogP contribution < -0.4 is 21.1 Å². The second-order valence-corrected chi connectivity index (χ2v) is 23.6. The number of aromatic nitrogens is 5. The van der Waals surface area contributed by atoms with Crippen LogP contribution >= 0.6 is 11.6 Å². The molecule has 0 radical (unpaired) electrons. The summed E-state index contributed by atoms with van der Waals surface area (Å²) in [5.41, 5.74) is 5.09. The van der Waals surface area contributed by atoms with Crippen LogP contribution in [-0.2, 0) is 61.1 Å². The third-order valence-corrected chi connectivity index (χ3v) is 16.1. The third kappa shape index (κ3) is 10.5. The number of benzene rings is 2. The molecule has 2 saturated carbocycles. The number of fused-ring (bicyclic) bond motifs is 4. The number of carbonyl (C=O) groups excluding carboxylic acids is 2. The topological polar surface area (TPSA) is 231 Å². The van der Waals surface area contributed by atoms with E-state index in [9.17, 15) is 61.5 Å². The summed E-state index contributed by atoms with van der Waals surface area (Å²) in [7, 11) is -8.67. The maximum absolute atomic E-state index is 15.6. The minimum atomic E-state index is -5.22. The molecule has 0 aliphatic heterocycles. The fraction of sp³-hybridized carbons (Fsp3) is 0.422. The van der Waals surface area contributed by atoms with Gasteiger partial charge in [0.15, 0.2) is 27.3 Å². The number of nitrogens with two attached hydrogens (primary N) is 2. The third-order valence-electron chi connectivity index (χ3n) is 12.8. The Morgan fingerprint density at radius 1 is 0.946 bits per heavy atom. The van der Waals surface area contributed by atoms with Gasteiger partial charge in [-0.05, 0) is 87.3 Å². The molecule has 3 aromatic heterocycles. The normalized spacial score (nSPS) is 19.7. The summed E-state index contributed by atoms with van der Waals surface area (Å²) in [6.07, 6.45) is -10.0. The SMILES string of the molecule is CC(C)(C#Cc1ccc(-c2ccc(Cl)c3c(N(C(=O)C4CC(N=C(N)N)C4)S(C)(=O)=O)nn(CC(F)(F)F)c23)c([C@H](Cc2cc(F)cc(F)c2)NC(=O)Cn2nc(C(F)(F)F)c3c2C(F)(F)[C@@H]2C[C@H]32)n1)S(C)(=O)=O. The fourth-order valence-electron chi connectivity index (χ4n) is 9.10. The van der Waals surface area contributed by atoms with Crippen molar-refractivity contribution < 1.29 is 70.3 Å². The molecule has 2 amide bonds. The zero-order valence-electron chi connectivity index (χ0n) is 38.9. The maximum Gasteiger partial charge on any atom is 0.435 e. The Morgan fingerprint density at radius 3 is 2.16 bits per heavy atom. The molecule has 5 N–H and O–H groups in total. The first-order valence-corrected chi connectivity index (χ1v) is 26.1. The lowest BCUT2D eigenvalue weighted by Crippen LogP contribution is -2.46. The predicted octanol–water partition coefficient (Wildman–Crippen LogP) is 6.64. The predicted molar refractivity (Wildman–Crippen MR) is 247 cm³/mol. The van der Waals surface area contributed by atoms with Crippen molar-refractivity contribution in [1.82, 2.24) is 29.9 Å². The number of sulfonamides is 1. The molecule has 0 saturated heterocycles. The molecule has 0 bridgehead atoms. The van der Waals surface area contributed by atoms with Gasteiger partial charge in [-0.3, -0.25) is 23.9 Å². The van der Waals surface area contributed by atoms with Crippen LogP contribution in [0.15, 0.2) is 47.5 Å². The van der Waals surface area contributed by atoms with E-state index in [0.717, 1.165) is 36.6 Å². The van der Waals surface area contributed by atoms with Gasteiger partial charge in [0, 0.05) is 40.8 Å². The van der Waals surface area contributed by atoms with Crippen molar-refractivity contribution >= 4 is 66.0 Å². The molecule has 74 heavy (non-hydrogen) atoms. The number of sulfone groups is 1. The first-order valence-electron chi connectivity index (χ1n) is 22.0. The molecule has 0 unspecified atom stereocenters. The molecule has 29 heteroatoms. The molecule has 0 spiro atoms. The lowest BCUT2D eigenvalue weighted by molar-refractivity contribution is -0.143. The summed E-state index contributed by atoms with van der Waals surface area (Å²) in [5, 5.41) is 8.84.